The molecule has 2 aromatic carbocycles. The van der Waals surface area contributed by atoms with Crippen LogP contribution in [0.2, 0.25) is 0 Å². The topological polar surface area (TPSA) is 72.7 Å². The van der Waals surface area contributed by atoms with Crippen molar-refractivity contribution in [1.29, 1.82) is 0 Å². The maximum atomic E-state index is 12.3. The number of nitrogens with zero attached hydrogens (tertiary/aromatic N) is 2. The first kappa shape index (κ1) is 19.6. The number of fused-ring (bicyclic) bond motifs is 1. The number of benzene rings is 2. The molecule has 0 spiro atoms. The molecule has 6 nitrogen and oxygen atoms in total. The Balaban J connectivity index is 1.46. The lowest BCUT2D eigenvalue weighted by molar-refractivity contribution is -0.111. The number of aryl methyl sites for hydroxylation is 1. The summed E-state index contributed by atoms with van der Waals surface area (Å²) in [5.74, 6) is 0.241. The fourth-order valence-corrected chi connectivity index (χ4v) is 3.74. The van der Waals surface area contributed by atoms with Crippen molar-refractivity contribution < 1.29 is 9.53 Å². The number of aromatic nitrogens is 2. The van der Waals surface area contributed by atoms with Crippen LogP contribution in [0.5, 0.6) is 5.75 Å². The molecule has 7 heteroatoms. The van der Waals surface area contributed by atoms with Crippen LogP contribution in [0, 0.1) is 6.92 Å². The van der Waals surface area contributed by atoms with Crippen LogP contribution >= 0.6 is 11.3 Å². The van der Waals surface area contributed by atoms with Gasteiger partial charge < -0.3 is 10.1 Å². The van der Waals surface area contributed by atoms with Gasteiger partial charge in [0.05, 0.1) is 11.4 Å². The van der Waals surface area contributed by atoms with E-state index in [1.807, 2.05) is 49.4 Å². The summed E-state index contributed by atoms with van der Waals surface area (Å²) >= 11 is 1.45. The van der Waals surface area contributed by atoms with Crippen molar-refractivity contribution in [3.63, 3.8) is 0 Å². The predicted molar refractivity (Wildman–Crippen MR) is 119 cm³/mol. The van der Waals surface area contributed by atoms with Gasteiger partial charge in [0.2, 0.25) is 5.91 Å². The Hall–Kier alpha value is -3.71. The van der Waals surface area contributed by atoms with Crippen LogP contribution < -0.4 is 15.6 Å². The second-order valence-electron chi connectivity index (χ2n) is 6.60. The lowest BCUT2D eigenvalue weighted by atomic mass is 10.2. The summed E-state index contributed by atoms with van der Waals surface area (Å²) < 4.78 is 7.38. The van der Waals surface area contributed by atoms with Crippen molar-refractivity contribution in [3.8, 4) is 5.75 Å². The second kappa shape index (κ2) is 8.75. The minimum atomic E-state index is -0.262. The van der Waals surface area contributed by atoms with Crippen molar-refractivity contribution in [1.82, 2.24) is 9.38 Å². The smallest absolute Gasteiger partial charge is 0.258 e. The van der Waals surface area contributed by atoms with Crippen molar-refractivity contribution in [3.05, 3.63) is 99.4 Å². The second-order valence-corrected chi connectivity index (χ2v) is 7.81. The van der Waals surface area contributed by atoms with Gasteiger partial charge in [-0.2, -0.15) is 0 Å². The van der Waals surface area contributed by atoms with Crippen LogP contribution in [-0.2, 0) is 11.4 Å². The number of carbonyl (C=O) groups excluding carboxylic acids is 1. The zero-order valence-electron chi connectivity index (χ0n) is 16.2. The van der Waals surface area contributed by atoms with Crippen LogP contribution in [0.3, 0.4) is 0 Å². The molecule has 0 atom stereocenters. The molecule has 4 aromatic rings. The Labute approximate surface area is 177 Å². The first-order valence-electron chi connectivity index (χ1n) is 9.33. The van der Waals surface area contributed by atoms with Gasteiger partial charge in [0.25, 0.3) is 5.56 Å². The third kappa shape index (κ3) is 4.64. The van der Waals surface area contributed by atoms with Crippen molar-refractivity contribution in [2.75, 3.05) is 5.32 Å². The molecule has 0 aliphatic carbocycles. The number of para-hydroxylation sites is 2. The Morgan fingerprint density at radius 1 is 1.17 bits per heavy atom. The van der Waals surface area contributed by atoms with Crippen LogP contribution in [-0.4, -0.2) is 15.3 Å². The number of amides is 1. The van der Waals surface area contributed by atoms with E-state index in [9.17, 15) is 9.59 Å². The minimum Gasteiger partial charge on any atom is -0.485 e. The molecule has 1 amide bonds. The molecule has 2 aromatic heterocycles. The summed E-state index contributed by atoms with van der Waals surface area (Å²) in [5, 5.41) is 2.83. The summed E-state index contributed by atoms with van der Waals surface area (Å²) in [6.07, 6.45) is 4.99. The molecule has 0 saturated carbocycles. The van der Waals surface area contributed by atoms with E-state index >= 15 is 0 Å². The fraction of sp³-hybridized carbons (Fsp3) is 0.0870. The highest BCUT2D eigenvalue weighted by Gasteiger charge is 2.09. The van der Waals surface area contributed by atoms with Gasteiger partial charge in [-0.25, -0.2) is 4.98 Å². The zero-order chi connectivity index (χ0) is 20.9. The normalized spacial score (nSPS) is 11.1. The van der Waals surface area contributed by atoms with Crippen LogP contribution in [0.1, 0.15) is 16.1 Å². The lowest BCUT2D eigenvalue weighted by Crippen LogP contribution is -2.14. The van der Waals surface area contributed by atoms with E-state index in [1.165, 1.54) is 27.9 Å². The largest absolute Gasteiger partial charge is 0.485 e. The van der Waals surface area contributed by atoms with Gasteiger partial charge >= 0.3 is 0 Å². The SMILES string of the molecule is Cc1cn2c(=O)cc(COc3ccccc3NC(=O)/C=C/c3ccccc3)nc2s1. The molecule has 0 saturated heterocycles. The quantitative estimate of drug-likeness (QED) is 0.475. The lowest BCUT2D eigenvalue weighted by Gasteiger charge is -2.11. The van der Waals surface area contributed by atoms with E-state index < -0.39 is 0 Å². The molecule has 0 radical (unpaired) electrons. The molecular weight excluding hydrogens is 398 g/mol. The van der Waals surface area contributed by atoms with Crippen LogP contribution in [0.15, 0.2) is 77.7 Å². The van der Waals surface area contributed by atoms with E-state index in [-0.39, 0.29) is 18.1 Å². The molecule has 1 N–H and O–H groups in total. The summed E-state index contributed by atoms with van der Waals surface area (Å²) in [4.78, 5) is 30.7. The van der Waals surface area contributed by atoms with Crippen LogP contribution in [0.4, 0.5) is 5.69 Å². The summed E-state index contributed by atoms with van der Waals surface area (Å²) in [6.45, 7) is 2.05. The summed E-state index contributed by atoms with van der Waals surface area (Å²) in [6, 6.07) is 18.2. The van der Waals surface area contributed by atoms with Crippen molar-refractivity contribution in [2.24, 2.45) is 0 Å². The third-order valence-corrected chi connectivity index (χ3v) is 5.18. The summed E-state index contributed by atoms with van der Waals surface area (Å²) in [5.41, 5.74) is 1.88. The highest BCUT2D eigenvalue weighted by atomic mass is 32.1. The van der Waals surface area contributed by atoms with E-state index in [2.05, 4.69) is 10.3 Å². The number of nitrogens with one attached hydrogen (secondary N) is 1. The average Bonchev–Trinajstić information content (AvgIpc) is 3.13. The fourth-order valence-electron chi connectivity index (χ4n) is 2.89. The molecule has 4 rings (SSSR count). The highest BCUT2D eigenvalue weighted by Crippen LogP contribution is 2.25. The maximum Gasteiger partial charge on any atom is 0.258 e. The monoisotopic (exact) mass is 417 g/mol. The predicted octanol–water partition coefficient (Wildman–Crippen LogP) is 4.30. The summed E-state index contributed by atoms with van der Waals surface area (Å²) in [7, 11) is 0. The van der Waals surface area contributed by atoms with Gasteiger partial charge in [-0.3, -0.25) is 14.0 Å². The van der Waals surface area contributed by atoms with Gasteiger partial charge in [0, 0.05) is 23.2 Å². The highest BCUT2D eigenvalue weighted by molar-refractivity contribution is 7.16. The van der Waals surface area contributed by atoms with Gasteiger partial charge in [-0.1, -0.05) is 42.5 Å². The molecule has 150 valence electrons. The zero-order valence-corrected chi connectivity index (χ0v) is 17.1. The Bertz CT molecular complexity index is 1280. The molecule has 0 bridgehead atoms. The number of hydrogen-bond acceptors (Lipinski definition) is 5. The third-order valence-electron chi connectivity index (χ3n) is 4.28. The molecule has 0 aliphatic rings. The first-order chi connectivity index (χ1) is 14.6. The minimum absolute atomic E-state index is 0.120. The van der Waals surface area contributed by atoms with Gasteiger partial charge in [-0.05, 0) is 30.7 Å². The number of anilines is 1. The van der Waals surface area contributed by atoms with E-state index in [4.69, 9.17) is 4.74 Å². The number of thiazole rings is 1. The Morgan fingerprint density at radius 3 is 2.77 bits per heavy atom. The van der Waals surface area contributed by atoms with Gasteiger partial charge in [0.15, 0.2) is 4.96 Å². The number of rotatable bonds is 6. The molecule has 2 heterocycles. The van der Waals surface area contributed by atoms with E-state index in [0.29, 0.717) is 22.1 Å². The Morgan fingerprint density at radius 2 is 1.93 bits per heavy atom. The van der Waals surface area contributed by atoms with Crippen LogP contribution in [0.25, 0.3) is 11.0 Å². The Kier molecular flexibility index (Phi) is 5.72. The van der Waals surface area contributed by atoms with Gasteiger partial charge in [-0.15, -0.1) is 11.3 Å². The molecule has 0 aliphatic heterocycles. The molecule has 0 unspecified atom stereocenters. The molecule has 30 heavy (non-hydrogen) atoms. The van der Waals surface area contributed by atoms with E-state index in [0.717, 1.165) is 10.4 Å². The average molecular weight is 417 g/mol. The maximum absolute atomic E-state index is 12.3. The molecular formula is C23H19N3O3S. The standard InChI is InChI=1S/C23H19N3O3S/c1-16-14-26-22(28)13-18(24-23(26)30-16)15-29-20-10-6-5-9-19(20)25-21(27)12-11-17-7-3-2-4-8-17/h2-14H,15H2,1H3,(H,25,27)/b12-11+. The van der Waals surface area contributed by atoms with E-state index in [1.54, 1.807) is 24.4 Å². The van der Waals surface area contributed by atoms with Crippen molar-refractivity contribution in [2.45, 2.75) is 13.5 Å². The number of carbonyl (C=O) groups is 1. The first-order valence-corrected chi connectivity index (χ1v) is 10.1. The number of hydrogen-bond donors (Lipinski definition) is 1. The number of ether oxygens (including phenoxy) is 1. The molecule has 0 fully saturated rings. The van der Waals surface area contributed by atoms with Gasteiger partial charge in [0.1, 0.15) is 12.4 Å². The van der Waals surface area contributed by atoms with Crippen molar-refractivity contribution >= 4 is 34.0 Å².